The number of carbonyl (C=O) groups excluding carboxylic acids is 2. The number of nitrogens with one attached hydrogen (secondary N) is 3. The van der Waals surface area contributed by atoms with E-state index in [1.54, 1.807) is 18.2 Å². The maximum absolute atomic E-state index is 12.3. The average molecular weight is 340 g/mol. The van der Waals surface area contributed by atoms with E-state index in [0.717, 1.165) is 18.4 Å². The molecule has 1 atom stereocenters. The van der Waals surface area contributed by atoms with E-state index in [2.05, 4.69) is 15.6 Å². The normalized spacial score (nSPS) is 18.8. The van der Waals surface area contributed by atoms with Gasteiger partial charge in [0.25, 0.3) is 5.91 Å². The SMILES string of the molecule is O=C(N[C@@H]1CCCCNC1=O)c1cc2c(Cl)c(Cl)ccc2[nH]1. The summed E-state index contributed by atoms with van der Waals surface area (Å²) in [5.41, 5.74) is 1.08. The largest absolute Gasteiger partial charge is 0.354 e. The van der Waals surface area contributed by atoms with E-state index in [1.807, 2.05) is 0 Å². The number of H-pyrrole nitrogens is 1. The van der Waals surface area contributed by atoms with E-state index in [1.165, 1.54) is 0 Å². The smallest absolute Gasteiger partial charge is 0.268 e. The molecule has 1 aliphatic heterocycles. The minimum Gasteiger partial charge on any atom is -0.354 e. The summed E-state index contributed by atoms with van der Waals surface area (Å²) in [5, 5.41) is 7.08. The van der Waals surface area contributed by atoms with Crippen LogP contribution in [0.25, 0.3) is 10.9 Å². The van der Waals surface area contributed by atoms with Crippen molar-refractivity contribution in [2.45, 2.75) is 25.3 Å². The molecule has 0 unspecified atom stereocenters. The predicted octanol–water partition coefficient (Wildman–Crippen LogP) is 2.87. The number of amides is 2. The summed E-state index contributed by atoms with van der Waals surface area (Å²) in [6.45, 7) is 0.658. The second kappa shape index (κ2) is 6.18. The summed E-state index contributed by atoms with van der Waals surface area (Å²) in [6, 6.07) is 4.58. The summed E-state index contributed by atoms with van der Waals surface area (Å²) in [6.07, 6.45) is 2.47. The van der Waals surface area contributed by atoms with Gasteiger partial charge in [-0.3, -0.25) is 9.59 Å². The summed E-state index contributed by atoms with van der Waals surface area (Å²) in [5.74, 6) is -0.464. The molecular formula is C15H15Cl2N3O2. The maximum atomic E-state index is 12.3. The maximum Gasteiger partial charge on any atom is 0.268 e. The third-order valence-corrected chi connectivity index (χ3v) is 4.59. The Morgan fingerprint density at radius 3 is 2.91 bits per heavy atom. The molecule has 1 saturated heterocycles. The lowest BCUT2D eigenvalue weighted by Gasteiger charge is -2.14. The van der Waals surface area contributed by atoms with Crippen LogP contribution in [0.15, 0.2) is 18.2 Å². The molecule has 1 aromatic carbocycles. The summed E-state index contributed by atoms with van der Waals surface area (Å²) >= 11 is 12.1. The highest BCUT2D eigenvalue weighted by molar-refractivity contribution is 6.45. The molecule has 2 amide bonds. The van der Waals surface area contributed by atoms with Crippen molar-refractivity contribution in [3.8, 4) is 0 Å². The average Bonchev–Trinajstić information content (AvgIpc) is 2.84. The van der Waals surface area contributed by atoms with E-state index < -0.39 is 6.04 Å². The highest BCUT2D eigenvalue weighted by Crippen LogP contribution is 2.31. The summed E-state index contributed by atoms with van der Waals surface area (Å²) in [4.78, 5) is 27.2. The molecule has 22 heavy (non-hydrogen) atoms. The monoisotopic (exact) mass is 339 g/mol. The zero-order chi connectivity index (χ0) is 15.7. The van der Waals surface area contributed by atoms with Gasteiger partial charge in [0.1, 0.15) is 11.7 Å². The summed E-state index contributed by atoms with van der Waals surface area (Å²) < 4.78 is 0. The highest BCUT2D eigenvalue weighted by Gasteiger charge is 2.23. The zero-order valence-electron chi connectivity index (χ0n) is 11.7. The number of hydrogen-bond acceptors (Lipinski definition) is 2. The first kappa shape index (κ1) is 15.2. The Balaban J connectivity index is 1.83. The molecule has 1 aliphatic rings. The quantitative estimate of drug-likeness (QED) is 0.786. The number of halogens is 2. The Hall–Kier alpha value is -1.72. The Labute approximate surface area is 137 Å². The molecule has 2 aromatic rings. The molecule has 3 rings (SSSR count). The molecule has 1 fully saturated rings. The topological polar surface area (TPSA) is 74.0 Å². The first-order valence-corrected chi connectivity index (χ1v) is 7.87. The van der Waals surface area contributed by atoms with Gasteiger partial charge < -0.3 is 15.6 Å². The van der Waals surface area contributed by atoms with Crippen LogP contribution in [-0.4, -0.2) is 29.4 Å². The fourth-order valence-electron chi connectivity index (χ4n) is 2.58. The van der Waals surface area contributed by atoms with Gasteiger partial charge in [-0.25, -0.2) is 0 Å². The number of hydrogen-bond donors (Lipinski definition) is 3. The van der Waals surface area contributed by atoms with Crippen LogP contribution in [0.1, 0.15) is 29.8 Å². The van der Waals surface area contributed by atoms with Crippen molar-refractivity contribution >= 4 is 45.9 Å². The Morgan fingerprint density at radius 2 is 2.09 bits per heavy atom. The lowest BCUT2D eigenvalue weighted by Crippen LogP contribution is -2.45. The van der Waals surface area contributed by atoms with E-state index in [4.69, 9.17) is 23.2 Å². The lowest BCUT2D eigenvalue weighted by atomic mass is 10.1. The van der Waals surface area contributed by atoms with Crippen LogP contribution >= 0.6 is 23.2 Å². The number of rotatable bonds is 2. The van der Waals surface area contributed by atoms with Crippen molar-refractivity contribution in [2.75, 3.05) is 6.54 Å². The number of fused-ring (bicyclic) bond motifs is 1. The van der Waals surface area contributed by atoms with Gasteiger partial charge in [-0.05, 0) is 37.5 Å². The van der Waals surface area contributed by atoms with Crippen molar-refractivity contribution in [3.05, 3.63) is 33.9 Å². The van der Waals surface area contributed by atoms with Gasteiger partial charge in [0.15, 0.2) is 0 Å². The van der Waals surface area contributed by atoms with Crippen molar-refractivity contribution in [3.63, 3.8) is 0 Å². The Bertz CT molecular complexity index is 742. The predicted molar refractivity (Wildman–Crippen MR) is 86.4 cm³/mol. The first-order valence-electron chi connectivity index (χ1n) is 7.11. The van der Waals surface area contributed by atoms with E-state index >= 15 is 0 Å². The summed E-state index contributed by atoms with van der Waals surface area (Å²) in [7, 11) is 0. The van der Waals surface area contributed by atoms with Gasteiger partial charge >= 0.3 is 0 Å². The molecule has 0 radical (unpaired) electrons. The van der Waals surface area contributed by atoms with E-state index in [9.17, 15) is 9.59 Å². The Morgan fingerprint density at radius 1 is 1.27 bits per heavy atom. The second-order valence-electron chi connectivity index (χ2n) is 5.32. The van der Waals surface area contributed by atoms with Gasteiger partial charge in [0.05, 0.1) is 10.0 Å². The minimum atomic E-state index is -0.500. The third-order valence-electron chi connectivity index (χ3n) is 3.78. The van der Waals surface area contributed by atoms with Crippen LogP contribution in [0, 0.1) is 0 Å². The van der Waals surface area contributed by atoms with E-state index in [-0.39, 0.29) is 11.8 Å². The first-order chi connectivity index (χ1) is 10.6. The van der Waals surface area contributed by atoms with Crippen molar-refractivity contribution < 1.29 is 9.59 Å². The molecule has 7 heteroatoms. The van der Waals surface area contributed by atoms with Crippen LogP contribution in [0.4, 0.5) is 0 Å². The molecule has 3 N–H and O–H groups in total. The van der Waals surface area contributed by atoms with Gasteiger partial charge in [-0.1, -0.05) is 23.2 Å². The standard InChI is InChI=1S/C15H15Cl2N3O2/c16-9-4-5-10-8(13(9)17)7-12(19-10)15(22)20-11-3-1-2-6-18-14(11)21/h4-5,7,11,19H,1-3,6H2,(H,18,21)(H,20,22)/t11-/m1/s1. The van der Waals surface area contributed by atoms with Crippen LogP contribution in [0.5, 0.6) is 0 Å². The van der Waals surface area contributed by atoms with Crippen molar-refractivity contribution in [1.82, 2.24) is 15.6 Å². The number of benzene rings is 1. The van der Waals surface area contributed by atoms with E-state index in [0.29, 0.717) is 34.1 Å². The van der Waals surface area contributed by atoms with Gasteiger partial charge in [0, 0.05) is 17.4 Å². The van der Waals surface area contributed by atoms with Crippen LogP contribution in [0.3, 0.4) is 0 Å². The lowest BCUT2D eigenvalue weighted by molar-refractivity contribution is -0.122. The van der Waals surface area contributed by atoms with Crippen LogP contribution < -0.4 is 10.6 Å². The fraction of sp³-hybridized carbons (Fsp3) is 0.333. The number of aromatic nitrogens is 1. The minimum absolute atomic E-state index is 0.136. The molecule has 1 aromatic heterocycles. The molecule has 0 bridgehead atoms. The molecule has 116 valence electrons. The second-order valence-corrected chi connectivity index (χ2v) is 6.10. The van der Waals surface area contributed by atoms with Gasteiger partial charge in [0.2, 0.25) is 5.91 Å². The molecule has 0 saturated carbocycles. The number of carbonyl (C=O) groups is 2. The molecule has 0 spiro atoms. The molecule has 5 nitrogen and oxygen atoms in total. The zero-order valence-corrected chi connectivity index (χ0v) is 13.2. The Kier molecular flexibility index (Phi) is 4.27. The van der Waals surface area contributed by atoms with Crippen molar-refractivity contribution in [1.29, 1.82) is 0 Å². The fourth-order valence-corrected chi connectivity index (χ4v) is 2.96. The van der Waals surface area contributed by atoms with Gasteiger partial charge in [-0.2, -0.15) is 0 Å². The third kappa shape index (κ3) is 2.91. The number of aromatic amines is 1. The van der Waals surface area contributed by atoms with Gasteiger partial charge in [-0.15, -0.1) is 0 Å². The van der Waals surface area contributed by atoms with Crippen molar-refractivity contribution in [2.24, 2.45) is 0 Å². The highest BCUT2D eigenvalue weighted by atomic mass is 35.5. The molecular weight excluding hydrogens is 325 g/mol. The molecule has 2 heterocycles. The van der Waals surface area contributed by atoms with Crippen LogP contribution in [0.2, 0.25) is 10.0 Å². The van der Waals surface area contributed by atoms with Crippen LogP contribution in [-0.2, 0) is 4.79 Å². The molecule has 0 aliphatic carbocycles.